The largest absolute Gasteiger partial charge is 0.380 e. The summed E-state index contributed by atoms with van der Waals surface area (Å²) < 4.78 is 7.31. The molecule has 1 saturated heterocycles. The number of hydrogen-bond donors (Lipinski definition) is 1. The second-order valence-electron chi connectivity index (χ2n) is 5.27. The fourth-order valence-electron chi connectivity index (χ4n) is 2.03. The van der Waals surface area contributed by atoms with Gasteiger partial charge in [-0.2, -0.15) is 0 Å². The van der Waals surface area contributed by atoms with Gasteiger partial charge in [0.2, 0.25) is 0 Å². The quantitative estimate of drug-likeness (QED) is 0.813. The Bertz CT molecular complexity index is 363. The molecule has 1 aliphatic heterocycles. The maximum atomic E-state index is 5.36. The van der Waals surface area contributed by atoms with Crippen LogP contribution in [0.25, 0.3) is 0 Å². The lowest BCUT2D eigenvalue weighted by Gasteiger charge is -2.41. The predicted octanol–water partition coefficient (Wildman–Crippen LogP) is 1.27. The van der Waals surface area contributed by atoms with Crippen LogP contribution in [0.15, 0.2) is 6.20 Å². The van der Waals surface area contributed by atoms with E-state index in [1.54, 1.807) is 0 Å². The lowest BCUT2D eigenvalue weighted by atomic mass is 9.86. The molecule has 0 amide bonds. The molecule has 0 aliphatic carbocycles. The average Bonchev–Trinajstić information content (AvgIpc) is 2.70. The fourth-order valence-corrected chi connectivity index (χ4v) is 2.03. The normalized spacial score (nSPS) is 18.4. The molecule has 98 valence electrons. The molecule has 1 aromatic rings. The Morgan fingerprint density at radius 3 is 2.82 bits per heavy atom. The Hall–Kier alpha value is -0.940. The van der Waals surface area contributed by atoms with Crippen LogP contribution in [0, 0.1) is 5.41 Å². The monoisotopic (exact) mass is 240 g/mol. The van der Waals surface area contributed by atoms with Crippen LogP contribution < -0.4 is 5.32 Å². The minimum atomic E-state index is 0. The van der Waals surface area contributed by atoms with E-state index in [2.05, 4.69) is 42.6 Å². The molecule has 0 radical (unpaired) electrons. The molecule has 0 spiro atoms. The van der Waals surface area contributed by atoms with Crippen molar-refractivity contribution in [1.29, 1.82) is 0 Å². The third-order valence-electron chi connectivity index (χ3n) is 3.21. The Balaban J connectivity index is 0.00000162. The first-order chi connectivity index (χ1) is 8.15. The first-order valence-electron chi connectivity index (χ1n) is 6.34. The summed E-state index contributed by atoms with van der Waals surface area (Å²) in [7, 11) is 0. The van der Waals surface area contributed by atoms with Gasteiger partial charge < -0.3 is 10.1 Å². The van der Waals surface area contributed by atoms with Gasteiger partial charge in [-0.3, -0.25) is 4.68 Å². The van der Waals surface area contributed by atoms with Crippen molar-refractivity contribution >= 4 is 0 Å². The molecule has 17 heavy (non-hydrogen) atoms. The second kappa shape index (κ2) is 5.14. The highest BCUT2D eigenvalue weighted by Gasteiger charge is 2.39. The van der Waals surface area contributed by atoms with Gasteiger partial charge in [-0.1, -0.05) is 26.0 Å². The van der Waals surface area contributed by atoms with Crippen LogP contribution in [-0.4, -0.2) is 41.3 Å². The van der Waals surface area contributed by atoms with E-state index in [0.717, 1.165) is 38.5 Å². The Morgan fingerprint density at radius 1 is 1.59 bits per heavy atom. The van der Waals surface area contributed by atoms with E-state index in [1.807, 2.05) is 4.68 Å². The summed E-state index contributed by atoms with van der Waals surface area (Å²) in [5, 5.41) is 11.8. The maximum absolute atomic E-state index is 5.36. The lowest BCUT2D eigenvalue weighted by Crippen LogP contribution is -2.52. The Labute approximate surface area is 104 Å². The number of hydrogen-bond acceptors (Lipinski definition) is 4. The molecular weight excluding hydrogens is 216 g/mol. The molecular formula is C12H24N4O. The molecule has 2 rings (SSSR count). The minimum absolute atomic E-state index is 0. The number of rotatable bonds is 6. The topological polar surface area (TPSA) is 52.0 Å². The lowest BCUT2D eigenvalue weighted by molar-refractivity contribution is -0.121. The number of aromatic nitrogens is 3. The van der Waals surface area contributed by atoms with Crippen LogP contribution in [0.1, 0.15) is 33.8 Å². The molecule has 1 aliphatic rings. The van der Waals surface area contributed by atoms with Crippen LogP contribution in [0.5, 0.6) is 0 Å². The van der Waals surface area contributed by atoms with Crippen molar-refractivity contribution in [3.63, 3.8) is 0 Å². The smallest absolute Gasteiger partial charge is 0.0852 e. The predicted molar refractivity (Wildman–Crippen MR) is 68.0 cm³/mol. The molecule has 2 heterocycles. The van der Waals surface area contributed by atoms with Gasteiger partial charge in [-0.25, -0.2) is 0 Å². The van der Waals surface area contributed by atoms with E-state index in [4.69, 9.17) is 4.74 Å². The molecule has 1 fully saturated rings. The molecule has 5 nitrogen and oxygen atoms in total. The molecule has 0 bridgehead atoms. The van der Waals surface area contributed by atoms with Crippen molar-refractivity contribution in [2.24, 2.45) is 5.41 Å². The van der Waals surface area contributed by atoms with Gasteiger partial charge in [0.25, 0.3) is 0 Å². The van der Waals surface area contributed by atoms with Gasteiger partial charge >= 0.3 is 0 Å². The zero-order chi connectivity index (χ0) is 12.3. The van der Waals surface area contributed by atoms with Crippen LogP contribution in [-0.2, 0) is 11.3 Å². The number of ether oxygens (including phenoxy) is 1. The second-order valence-corrected chi connectivity index (χ2v) is 5.27. The zero-order valence-corrected chi connectivity index (χ0v) is 10.9. The third kappa shape index (κ3) is 2.84. The zero-order valence-electron chi connectivity index (χ0n) is 10.9. The number of nitrogens with zero attached hydrogens (tertiary/aromatic N) is 3. The average molecular weight is 240 g/mol. The van der Waals surface area contributed by atoms with Crippen LogP contribution in [0.3, 0.4) is 0 Å². The van der Waals surface area contributed by atoms with E-state index in [9.17, 15) is 0 Å². The van der Waals surface area contributed by atoms with E-state index >= 15 is 0 Å². The summed E-state index contributed by atoms with van der Waals surface area (Å²) in [5.74, 6) is 0.436. The van der Waals surface area contributed by atoms with Crippen molar-refractivity contribution in [3.8, 4) is 0 Å². The Kier molecular flexibility index (Phi) is 3.79. The highest BCUT2D eigenvalue weighted by Crippen LogP contribution is 2.28. The first-order valence-corrected chi connectivity index (χ1v) is 6.34. The van der Waals surface area contributed by atoms with Gasteiger partial charge in [0, 0.05) is 19.6 Å². The van der Waals surface area contributed by atoms with Crippen molar-refractivity contribution in [2.45, 2.75) is 33.2 Å². The highest BCUT2D eigenvalue weighted by molar-refractivity contribution is 4.99. The molecule has 1 aromatic heterocycles. The standard InChI is InChI=1S/C12H22N4O.H2/c1-4-13-6-12(8-17-9-12)7-16-5-11(10(2)3)14-15-16;/h5,10,13H,4,6-9H2,1-3H3;1H. The van der Waals surface area contributed by atoms with Gasteiger partial charge in [0.1, 0.15) is 0 Å². The maximum Gasteiger partial charge on any atom is 0.0852 e. The SMILES string of the molecule is CCNCC1(Cn2cc(C(C)C)nn2)COC1.[HH]. The van der Waals surface area contributed by atoms with E-state index in [-0.39, 0.29) is 6.84 Å². The summed E-state index contributed by atoms with van der Waals surface area (Å²) in [6.07, 6.45) is 2.05. The summed E-state index contributed by atoms with van der Waals surface area (Å²) in [6.45, 7) is 10.9. The third-order valence-corrected chi connectivity index (χ3v) is 3.21. The van der Waals surface area contributed by atoms with Gasteiger partial charge in [0.15, 0.2) is 0 Å². The summed E-state index contributed by atoms with van der Waals surface area (Å²) in [6, 6.07) is 0. The molecule has 5 heteroatoms. The summed E-state index contributed by atoms with van der Waals surface area (Å²) >= 11 is 0. The Morgan fingerprint density at radius 2 is 2.35 bits per heavy atom. The number of nitrogens with one attached hydrogen (secondary N) is 1. The fraction of sp³-hybridized carbons (Fsp3) is 0.833. The minimum Gasteiger partial charge on any atom is -0.380 e. The van der Waals surface area contributed by atoms with E-state index in [1.165, 1.54) is 0 Å². The van der Waals surface area contributed by atoms with Gasteiger partial charge in [0.05, 0.1) is 25.5 Å². The van der Waals surface area contributed by atoms with Crippen LogP contribution in [0.4, 0.5) is 0 Å². The van der Waals surface area contributed by atoms with Gasteiger partial charge in [-0.05, 0) is 12.5 Å². The van der Waals surface area contributed by atoms with E-state index < -0.39 is 0 Å². The van der Waals surface area contributed by atoms with E-state index in [0.29, 0.717) is 5.92 Å². The first kappa shape index (κ1) is 12.5. The molecule has 0 atom stereocenters. The van der Waals surface area contributed by atoms with Crippen LogP contribution >= 0.6 is 0 Å². The molecule has 0 unspecified atom stereocenters. The van der Waals surface area contributed by atoms with Crippen molar-refractivity contribution in [2.75, 3.05) is 26.3 Å². The highest BCUT2D eigenvalue weighted by atomic mass is 16.5. The van der Waals surface area contributed by atoms with Crippen molar-refractivity contribution in [3.05, 3.63) is 11.9 Å². The molecule has 0 saturated carbocycles. The van der Waals surface area contributed by atoms with Gasteiger partial charge in [-0.15, -0.1) is 5.10 Å². The van der Waals surface area contributed by atoms with Crippen molar-refractivity contribution in [1.82, 2.24) is 20.3 Å². The summed E-state index contributed by atoms with van der Waals surface area (Å²) in [4.78, 5) is 0. The summed E-state index contributed by atoms with van der Waals surface area (Å²) in [5.41, 5.74) is 1.27. The molecule has 1 N–H and O–H groups in total. The van der Waals surface area contributed by atoms with Crippen molar-refractivity contribution < 1.29 is 6.16 Å². The molecule has 0 aromatic carbocycles. The van der Waals surface area contributed by atoms with Crippen LogP contribution in [0.2, 0.25) is 0 Å².